The van der Waals surface area contributed by atoms with Crippen molar-refractivity contribution in [3.63, 3.8) is 0 Å². The highest BCUT2D eigenvalue weighted by atomic mass is 79.9. The van der Waals surface area contributed by atoms with E-state index in [1.807, 2.05) is 0 Å². The zero-order valence-electron chi connectivity index (χ0n) is 5.98. The number of halogens is 4. The van der Waals surface area contributed by atoms with Crippen LogP contribution in [-0.4, -0.2) is 4.83 Å². The third kappa shape index (κ3) is 2.52. The number of hydrogen-bond donors (Lipinski definition) is 0. The quantitative estimate of drug-likeness (QED) is 0.721. The van der Waals surface area contributed by atoms with Gasteiger partial charge in [0.2, 0.25) is 0 Å². The Labute approximate surface area is 86.2 Å². The highest BCUT2D eigenvalue weighted by Crippen LogP contribution is 2.42. The molecule has 0 fully saturated rings. The maximum absolute atomic E-state index is 12.7. The summed E-state index contributed by atoms with van der Waals surface area (Å²) in [5.74, 6) is 0. The molecular weight excluding hydrogens is 294 g/mol. The van der Waals surface area contributed by atoms with E-state index in [-0.39, 0.29) is 0 Å². The minimum absolute atomic E-state index is 0.555. The van der Waals surface area contributed by atoms with E-state index in [0.29, 0.717) is 5.56 Å². The van der Waals surface area contributed by atoms with E-state index < -0.39 is 9.66 Å². The Kier molecular flexibility index (Phi) is 3.23. The van der Waals surface area contributed by atoms with Crippen LogP contribution in [0.4, 0.5) is 8.78 Å². The van der Waals surface area contributed by atoms with Crippen LogP contribution >= 0.6 is 31.9 Å². The van der Waals surface area contributed by atoms with Crippen molar-refractivity contribution in [3.05, 3.63) is 35.9 Å². The lowest BCUT2D eigenvalue weighted by atomic mass is 10.2. The molecule has 1 aromatic carbocycles. The summed E-state index contributed by atoms with van der Waals surface area (Å²) in [4.78, 5) is -3.89. The van der Waals surface area contributed by atoms with Crippen molar-refractivity contribution >= 4 is 31.9 Å². The SMILES string of the molecule is FC(F)(Br)[C@H](Br)c1ccccc1. The molecule has 0 amide bonds. The second-order valence-electron chi connectivity index (χ2n) is 2.31. The van der Waals surface area contributed by atoms with E-state index in [1.165, 1.54) is 0 Å². The summed E-state index contributed by atoms with van der Waals surface area (Å²) in [7, 11) is 0. The molecule has 0 unspecified atom stereocenters. The minimum Gasteiger partial charge on any atom is -0.192 e. The highest BCUT2D eigenvalue weighted by molar-refractivity contribution is 9.12. The topological polar surface area (TPSA) is 0 Å². The third-order valence-electron chi connectivity index (χ3n) is 1.38. The molecule has 0 bridgehead atoms. The fraction of sp³-hybridized carbons (Fsp3) is 0.250. The summed E-state index contributed by atoms with van der Waals surface area (Å²) in [6.07, 6.45) is 0. The number of rotatable bonds is 2. The van der Waals surface area contributed by atoms with Gasteiger partial charge in [0.15, 0.2) is 0 Å². The second-order valence-corrected chi connectivity index (χ2v) is 4.29. The summed E-state index contributed by atoms with van der Waals surface area (Å²) in [5.41, 5.74) is 0.555. The smallest absolute Gasteiger partial charge is 0.192 e. The molecule has 0 saturated carbocycles. The molecule has 1 atom stereocenters. The molecule has 66 valence electrons. The molecular formula is C8H6Br2F2. The first-order valence-corrected chi connectivity index (χ1v) is 4.98. The normalized spacial score (nSPS) is 14.3. The molecule has 4 heteroatoms. The van der Waals surface area contributed by atoms with Crippen LogP contribution in [0.1, 0.15) is 10.4 Å². The van der Waals surface area contributed by atoms with Crippen molar-refractivity contribution in [2.75, 3.05) is 0 Å². The fourth-order valence-corrected chi connectivity index (χ4v) is 1.38. The van der Waals surface area contributed by atoms with Crippen molar-refractivity contribution < 1.29 is 8.78 Å². The Morgan fingerprint density at radius 3 is 2.08 bits per heavy atom. The van der Waals surface area contributed by atoms with E-state index in [9.17, 15) is 8.78 Å². The van der Waals surface area contributed by atoms with E-state index in [0.717, 1.165) is 0 Å². The Hall–Kier alpha value is 0.0400. The maximum Gasteiger partial charge on any atom is 0.317 e. The predicted molar refractivity (Wildman–Crippen MR) is 52.0 cm³/mol. The van der Waals surface area contributed by atoms with Crippen LogP contribution in [0.15, 0.2) is 30.3 Å². The first kappa shape index (κ1) is 10.1. The van der Waals surface area contributed by atoms with Crippen LogP contribution < -0.4 is 0 Å². The Morgan fingerprint density at radius 2 is 1.67 bits per heavy atom. The molecule has 0 radical (unpaired) electrons. The van der Waals surface area contributed by atoms with Gasteiger partial charge >= 0.3 is 4.83 Å². The lowest BCUT2D eigenvalue weighted by molar-refractivity contribution is 0.114. The summed E-state index contributed by atoms with van der Waals surface area (Å²) >= 11 is 5.21. The Morgan fingerprint density at radius 1 is 1.17 bits per heavy atom. The highest BCUT2D eigenvalue weighted by Gasteiger charge is 2.35. The van der Waals surface area contributed by atoms with Gasteiger partial charge in [0.1, 0.15) is 4.83 Å². The Balaban J connectivity index is 2.86. The van der Waals surface area contributed by atoms with Gasteiger partial charge < -0.3 is 0 Å². The summed E-state index contributed by atoms with van der Waals surface area (Å²) in [6, 6.07) is 8.53. The minimum atomic E-state index is -2.91. The van der Waals surface area contributed by atoms with Crippen LogP contribution in [0.5, 0.6) is 0 Å². The number of benzene rings is 1. The monoisotopic (exact) mass is 298 g/mol. The molecule has 0 aromatic heterocycles. The van der Waals surface area contributed by atoms with E-state index in [2.05, 4.69) is 31.9 Å². The maximum atomic E-state index is 12.7. The zero-order valence-corrected chi connectivity index (χ0v) is 9.15. The lowest BCUT2D eigenvalue weighted by Gasteiger charge is -2.15. The van der Waals surface area contributed by atoms with Crippen molar-refractivity contribution in [2.45, 2.75) is 9.66 Å². The van der Waals surface area contributed by atoms with E-state index in [4.69, 9.17) is 0 Å². The van der Waals surface area contributed by atoms with Crippen molar-refractivity contribution in [2.24, 2.45) is 0 Å². The van der Waals surface area contributed by atoms with Gasteiger partial charge in [0.05, 0.1) is 0 Å². The van der Waals surface area contributed by atoms with Crippen molar-refractivity contribution in [3.8, 4) is 0 Å². The van der Waals surface area contributed by atoms with Gasteiger partial charge in [-0.2, -0.15) is 8.78 Å². The van der Waals surface area contributed by atoms with Crippen LogP contribution in [0.2, 0.25) is 0 Å². The average molecular weight is 300 g/mol. The molecule has 0 aliphatic carbocycles. The number of hydrogen-bond acceptors (Lipinski definition) is 0. The molecule has 0 aliphatic rings. The summed E-state index contributed by atoms with van der Waals surface area (Å²) in [5, 5.41) is 0. The van der Waals surface area contributed by atoms with Crippen LogP contribution in [0.25, 0.3) is 0 Å². The molecule has 0 nitrogen and oxygen atoms in total. The fourth-order valence-electron chi connectivity index (χ4n) is 0.811. The largest absolute Gasteiger partial charge is 0.317 e. The zero-order chi connectivity index (χ0) is 9.19. The van der Waals surface area contributed by atoms with E-state index in [1.54, 1.807) is 30.3 Å². The van der Waals surface area contributed by atoms with Gasteiger partial charge in [-0.1, -0.05) is 46.3 Å². The van der Waals surface area contributed by atoms with Gasteiger partial charge in [-0.3, -0.25) is 0 Å². The van der Waals surface area contributed by atoms with Gasteiger partial charge in [-0.25, -0.2) is 0 Å². The average Bonchev–Trinajstić information content (AvgIpc) is 2.03. The van der Waals surface area contributed by atoms with Crippen LogP contribution in [-0.2, 0) is 0 Å². The summed E-state index contributed by atoms with van der Waals surface area (Å²) in [6.45, 7) is 0. The molecule has 0 spiro atoms. The van der Waals surface area contributed by atoms with Crippen LogP contribution in [0.3, 0.4) is 0 Å². The van der Waals surface area contributed by atoms with Crippen LogP contribution in [0, 0.1) is 0 Å². The molecule has 0 aliphatic heterocycles. The third-order valence-corrected chi connectivity index (χ3v) is 3.56. The molecule has 0 heterocycles. The Bertz CT molecular complexity index is 243. The lowest BCUT2D eigenvalue weighted by Crippen LogP contribution is -2.12. The first-order chi connectivity index (χ1) is 5.52. The van der Waals surface area contributed by atoms with Gasteiger partial charge in [-0.15, -0.1) is 0 Å². The van der Waals surface area contributed by atoms with E-state index >= 15 is 0 Å². The standard InChI is InChI=1S/C8H6Br2F2/c9-7(8(10,11)12)6-4-2-1-3-5-6/h1-5,7H/t7-/m1/s1. The number of alkyl halides is 4. The molecule has 0 saturated heterocycles. The van der Waals surface area contributed by atoms with Crippen molar-refractivity contribution in [1.29, 1.82) is 0 Å². The second kappa shape index (κ2) is 3.83. The molecule has 0 N–H and O–H groups in total. The van der Waals surface area contributed by atoms with Crippen molar-refractivity contribution in [1.82, 2.24) is 0 Å². The summed E-state index contributed by atoms with van der Waals surface area (Å²) < 4.78 is 25.3. The molecule has 12 heavy (non-hydrogen) atoms. The first-order valence-electron chi connectivity index (χ1n) is 3.27. The van der Waals surface area contributed by atoms with Gasteiger partial charge in [0.25, 0.3) is 0 Å². The van der Waals surface area contributed by atoms with Gasteiger partial charge in [0, 0.05) is 0 Å². The molecule has 1 aromatic rings. The molecule has 1 rings (SSSR count). The van der Waals surface area contributed by atoms with Gasteiger partial charge in [-0.05, 0) is 21.5 Å². The predicted octanol–water partition coefficient (Wildman–Crippen LogP) is 4.11.